The Bertz CT molecular complexity index is 1140. The molecule has 2 aromatic carbocycles. The monoisotopic (exact) mass is 441 g/mol. The maximum absolute atomic E-state index is 13.5. The average molecular weight is 442 g/mol. The van der Waals surface area contributed by atoms with Crippen molar-refractivity contribution in [2.45, 2.75) is 44.3 Å². The molecule has 2 heterocycles. The predicted octanol–water partition coefficient (Wildman–Crippen LogP) is 4.27. The van der Waals surface area contributed by atoms with Crippen molar-refractivity contribution in [2.75, 3.05) is 6.61 Å². The van der Waals surface area contributed by atoms with E-state index in [0.717, 1.165) is 42.4 Å². The fourth-order valence-electron chi connectivity index (χ4n) is 4.75. The molecule has 0 spiro atoms. The van der Waals surface area contributed by atoms with Crippen LogP contribution in [-0.4, -0.2) is 34.3 Å². The Balaban J connectivity index is 1.48. The molecular weight excluding hydrogens is 414 g/mol. The Labute approximate surface area is 193 Å². The zero-order valence-electron chi connectivity index (χ0n) is 18.4. The number of aromatic nitrogens is 1. The van der Waals surface area contributed by atoms with E-state index < -0.39 is 6.04 Å². The molecule has 0 saturated heterocycles. The molecule has 2 amide bonds. The summed E-state index contributed by atoms with van der Waals surface area (Å²) in [5.41, 5.74) is 3.75. The molecule has 2 aliphatic rings. The molecule has 1 N–H and O–H groups in total. The number of benzene rings is 2. The zero-order valence-corrected chi connectivity index (χ0v) is 18.4. The number of hydrogen-bond acceptors (Lipinski definition) is 4. The SMILES string of the molecule is O=C(NC1CCCC1)C1c2cnccc2OCC(=O)N1Cc1cccc(-c2ccccc2)c1. The lowest BCUT2D eigenvalue weighted by atomic mass is 10.0. The summed E-state index contributed by atoms with van der Waals surface area (Å²) < 4.78 is 5.76. The highest BCUT2D eigenvalue weighted by molar-refractivity contribution is 5.90. The minimum Gasteiger partial charge on any atom is -0.483 e. The van der Waals surface area contributed by atoms with Gasteiger partial charge in [0.1, 0.15) is 11.8 Å². The van der Waals surface area contributed by atoms with E-state index >= 15 is 0 Å². The summed E-state index contributed by atoms with van der Waals surface area (Å²) in [6.45, 7) is 0.197. The van der Waals surface area contributed by atoms with Gasteiger partial charge in [-0.15, -0.1) is 0 Å². The first kappa shape index (κ1) is 21.2. The quantitative estimate of drug-likeness (QED) is 0.642. The first-order chi connectivity index (χ1) is 16.2. The van der Waals surface area contributed by atoms with Crippen LogP contribution < -0.4 is 10.1 Å². The Morgan fingerprint density at radius 3 is 2.64 bits per heavy atom. The fourth-order valence-corrected chi connectivity index (χ4v) is 4.75. The van der Waals surface area contributed by atoms with Crippen molar-refractivity contribution in [3.05, 3.63) is 84.2 Å². The van der Waals surface area contributed by atoms with Crippen LogP contribution in [0, 0.1) is 0 Å². The molecule has 3 aromatic rings. The van der Waals surface area contributed by atoms with Gasteiger partial charge in [0.15, 0.2) is 6.61 Å². The average Bonchev–Trinajstić information content (AvgIpc) is 3.32. The van der Waals surface area contributed by atoms with E-state index in [0.29, 0.717) is 17.9 Å². The van der Waals surface area contributed by atoms with Gasteiger partial charge < -0.3 is 15.0 Å². The second-order valence-electron chi connectivity index (χ2n) is 8.68. The molecule has 1 fully saturated rings. The normalized spacial score (nSPS) is 18.4. The molecule has 1 saturated carbocycles. The first-order valence-corrected chi connectivity index (χ1v) is 11.5. The van der Waals surface area contributed by atoms with Gasteiger partial charge >= 0.3 is 0 Å². The third-order valence-electron chi connectivity index (χ3n) is 6.42. The molecule has 1 aliphatic heterocycles. The number of hydrogen-bond donors (Lipinski definition) is 1. The van der Waals surface area contributed by atoms with Crippen molar-refractivity contribution in [3.63, 3.8) is 0 Å². The topological polar surface area (TPSA) is 71.5 Å². The van der Waals surface area contributed by atoms with E-state index in [-0.39, 0.29) is 24.5 Å². The van der Waals surface area contributed by atoms with Crippen molar-refractivity contribution >= 4 is 11.8 Å². The number of pyridine rings is 1. The molecule has 5 rings (SSSR count). The van der Waals surface area contributed by atoms with Crippen LogP contribution in [0.3, 0.4) is 0 Å². The van der Waals surface area contributed by atoms with Crippen LogP contribution in [0.5, 0.6) is 5.75 Å². The third kappa shape index (κ3) is 4.60. The smallest absolute Gasteiger partial charge is 0.261 e. The molecular formula is C27H27N3O3. The maximum Gasteiger partial charge on any atom is 0.261 e. The van der Waals surface area contributed by atoms with Crippen LogP contribution in [-0.2, 0) is 16.1 Å². The number of rotatable bonds is 5. The van der Waals surface area contributed by atoms with Crippen molar-refractivity contribution in [3.8, 4) is 16.9 Å². The van der Waals surface area contributed by atoms with Gasteiger partial charge in [-0.25, -0.2) is 0 Å². The Hall–Kier alpha value is -3.67. The van der Waals surface area contributed by atoms with Crippen LogP contribution in [0.1, 0.15) is 42.9 Å². The molecule has 1 aromatic heterocycles. The number of carbonyl (C=O) groups is 2. The van der Waals surface area contributed by atoms with Crippen molar-refractivity contribution < 1.29 is 14.3 Å². The van der Waals surface area contributed by atoms with Gasteiger partial charge in [-0.3, -0.25) is 14.6 Å². The summed E-state index contributed by atoms with van der Waals surface area (Å²) in [4.78, 5) is 32.6. The lowest BCUT2D eigenvalue weighted by Crippen LogP contribution is -2.46. The molecule has 1 atom stereocenters. The van der Waals surface area contributed by atoms with Gasteiger partial charge in [-0.2, -0.15) is 0 Å². The second-order valence-corrected chi connectivity index (χ2v) is 8.68. The predicted molar refractivity (Wildman–Crippen MR) is 125 cm³/mol. The van der Waals surface area contributed by atoms with Gasteiger partial charge in [-0.1, -0.05) is 61.4 Å². The summed E-state index contributed by atoms with van der Waals surface area (Å²) >= 11 is 0. The van der Waals surface area contributed by atoms with Crippen LogP contribution >= 0.6 is 0 Å². The fraction of sp³-hybridized carbons (Fsp3) is 0.296. The van der Waals surface area contributed by atoms with Gasteiger partial charge in [-0.05, 0) is 41.7 Å². The van der Waals surface area contributed by atoms with E-state index in [1.165, 1.54) is 0 Å². The third-order valence-corrected chi connectivity index (χ3v) is 6.42. The highest BCUT2D eigenvalue weighted by Crippen LogP contribution is 2.34. The zero-order chi connectivity index (χ0) is 22.6. The van der Waals surface area contributed by atoms with Crippen LogP contribution in [0.25, 0.3) is 11.1 Å². The highest BCUT2D eigenvalue weighted by atomic mass is 16.5. The largest absolute Gasteiger partial charge is 0.483 e. The molecule has 6 heteroatoms. The van der Waals surface area contributed by atoms with Crippen molar-refractivity contribution in [1.29, 1.82) is 0 Å². The molecule has 0 bridgehead atoms. The van der Waals surface area contributed by atoms with Crippen molar-refractivity contribution in [1.82, 2.24) is 15.2 Å². The molecule has 168 valence electrons. The maximum atomic E-state index is 13.5. The summed E-state index contributed by atoms with van der Waals surface area (Å²) in [5, 5.41) is 3.17. The number of ether oxygens (including phenoxy) is 1. The minimum atomic E-state index is -0.787. The van der Waals surface area contributed by atoms with Crippen molar-refractivity contribution in [2.24, 2.45) is 0 Å². The van der Waals surface area contributed by atoms with E-state index in [9.17, 15) is 9.59 Å². The summed E-state index contributed by atoms with van der Waals surface area (Å²) in [7, 11) is 0. The molecule has 1 unspecified atom stereocenters. The lowest BCUT2D eigenvalue weighted by Gasteiger charge is -2.30. The Kier molecular flexibility index (Phi) is 6.07. The molecule has 1 aliphatic carbocycles. The molecule has 33 heavy (non-hydrogen) atoms. The van der Waals surface area contributed by atoms with E-state index in [1.807, 2.05) is 30.3 Å². The number of carbonyl (C=O) groups excluding carboxylic acids is 2. The summed E-state index contributed by atoms with van der Waals surface area (Å²) in [6.07, 6.45) is 7.44. The van der Waals surface area contributed by atoms with Gasteiger partial charge in [0.25, 0.3) is 5.91 Å². The molecule has 6 nitrogen and oxygen atoms in total. The van der Waals surface area contributed by atoms with E-state index in [1.54, 1.807) is 23.4 Å². The van der Waals surface area contributed by atoms with Crippen LogP contribution in [0.2, 0.25) is 0 Å². The van der Waals surface area contributed by atoms with E-state index in [2.05, 4.69) is 34.6 Å². The second kappa shape index (κ2) is 9.45. The number of nitrogens with one attached hydrogen (secondary N) is 1. The van der Waals surface area contributed by atoms with E-state index in [4.69, 9.17) is 4.74 Å². The van der Waals surface area contributed by atoms with Gasteiger partial charge in [0.05, 0.1) is 0 Å². The van der Waals surface area contributed by atoms with Gasteiger partial charge in [0, 0.05) is 30.5 Å². The number of nitrogens with zero attached hydrogens (tertiary/aromatic N) is 2. The number of amides is 2. The molecule has 0 radical (unpaired) electrons. The van der Waals surface area contributed by atoms with Gasteiger partial charge in [0.2, 0.25) is 5.91 Å². The van der Waals surface area contributed by atoms with Crippen LogP contribution in [0.15, 0.2) is 73.1 Å². The Morgan fingerprint density at radius 2 is 1.82 bits per heavy atom. The summed E-state index contributed by atoms with van der Waals surface area (Å²) in [6, 6.07) is 19.3. The summed E-state index contributed by atoms with van der Waals surface area (Å²) in [5.74, 6) is 0.141. The lowest BCUT2D eigenvalue weighted by molar-refractivity contribution is -0.142. The highest BCUT2D eigenvalue weighted by Gasteiger charge is 2.37. The van der Waals surface area contributed by atoms with Crippen LogP contribution in [0.4, 0.5) is 0 Å². The standard InChI is InChI=1S/C27H27N3O3/c31-25-18-33-24-13-14-28-16-23(24)26(27(32)29-22-11-4-5-12-22)30(25)17-19-7-6-10-21(15-19)20-8-2-1-3-9-20/h1-3,6-10,13-16,22,26H,4-5,11-12,17-18H2,(H,29,32). The number of fused-ring (bicyclic) bond motifs is 1. The first-order valence-electron chi connectivity index (χ1n) is 11.5. The minimum absolute atomic E-state index is 0.109. The Morgan fingerprint density at radius 1 is 1.03 bits per heavy atom.